The van der Waals surface area contributed by atoms with Crippen LogP contribution in [0.5, 0.6) is 0 Å². The van der Waals surface area contributed by atoms with Gasteiger partial charge in [0.15, 0.2) is 0 Å². The summed E-state index contributed by atoms with van der Waals surface area (Å²) in [5.41, 5.74) is 2.68. The number of carbonyl (C=O) groups is 2. The fourth-order valence-corrected chi connectivity index (χ4v) is 3.73. The van der Waals surface area contributed by atoms with Crippen LogP contribution in [0, 0.1) is 17.2 Å². The van der Waals surface area contributed by atoms with E-state index in [0.717, 1.165) is 31.2 Å². The number of amides is 1. The molecule has 1 amide bonds. The second kappa shape index (κ2) is 8.50. The molecule has 0 atom stereocenters. The molecule has 0 aromatic heterocycles. The predicted octanol–water partition coefficient (Wildman–Crippen LogP) is 4.56. The van der Waals surface area contributed by atoms with Crippen LogP contribution in [-0.2, 0) is 4.79 Å². The Morgan fingerprint density at radius 2 is 1.78 bits per heavy atom. The molecule has 2 aromatic carbocycles. The SMILES string of the molecule is N#Cc1ccc(NC(=O)CC2CCC(c3cccc(C(=O)O)c3)CC2)cc1. The summed E-state index contributed by atoms with van der Waals surface area (Å²) in [4.78, 5) is 23.4. The summed E-state index contributed by atoms with van der Waals surface area (Å²) >= 11 is 0. The van der Waals surface area contributed by atoms with Crippen LogP contribution in [0.15, 0.2) is 48.5 Å². The number of benzene rings is 2. The third-order valence-corrected chi connectivity index (χ3v) is 5.22. The lowest BCUT2D eigenvalue weighted by Gasteiger charge is -2.28. The predicted molar refractivity (Wildman–Crippen MR) is 103 cm³/mol. The second-order valence-electron chi connectivity index (χ2n) is 7.09. The number of hydrogen-bond acceptors (Lipinski definition) is 3. The highest BCUT2D eigenvalue weighted by atomic mass is 16.4. The molecule has 1 aliphatic rings. The normalized spacial score (nSPS) is 19.1. The molecule has 2 N–H and O–H groups in total. The summed E-state index contributed by atoms with van der Waals surface area (Å²) in [6.07, 6.45) is 4.35. The standard InChI is InChI=1S/C22H22N2O3/c23-14-16-6-10-20(11-7-16)24-21(25)12-15-4-8-17(9-5-15)18-2-1-3-19(13-18)22(26)27/h1-3,6-7,10-11,13,15,17H,4-5,8-9,12H2,(H,24,25)(H,26,27). The lowest BCUT2D eigenvalue weighted by Crippen LogP contribution is -2.20. The van der Waals surface area contributed by atoms with Crippen molar-refractivity contribution in [3.8, 4) is 6.07 Å². The summed E-state index contributed by atoms with van der Waals surface area (Å²) in [5.74, 6) is -0.189. The zero-order valence-electron chi connectivity index (χ0n) is 15.0. The van der Waals surface area contributed by atoms with E-state index in [1.54, 1.807) is 42.5 Å². The van der Waals surface area contributed by atoms with Crippen LogP contribution in [-0.4, -0.2) is 17.0 Å². The van der Waals surface area contributed by atoms with Crippen molar-refractivity contribution in [1.29, 1.82) is 5.26 Å². The number of nitrogens with zero attached hydrogens (tertiary/aromatic N) is 1. The van der Waals surface area contributed by atoms with Gasteiger partial charge in [-0.3, -0.25) is 4.79 Å². The molecule has 0 saturated heterocycles. The maximum atomic E-state index is 12.3. The van der Waals surface area contributed by atoms with Gasteiger partial charge >= 0.3 is 5.97 Å². The van der Waals surface area contributed by atoms with Gasteiger partial charge in [-0.25, -0.2) is 4.79 Å². The van der Waals surface area contributed by atoms with Crippen LogP contribution < -0.4 is 5.32 Å². The second-order valence-corrected chi connectivity index (χ2v) is 7.09. The number of carboxylic acid groups (broad SMARTS) is 1. The number of carboxylic acids is 1. The minimum atomic E-state index is -0.898. The first-order valence-corrected chi connectivity index (χ1v) is 9.18. The van der Waals surface area contributed by atoms with Crippen LogP contribution in [0.25, 0.3) is 0 Å². The molecule has 138 valence electrons. The third-order valence-electron chi connectivity index (χ3n) is 5.22. The number of anilines is 1. The smallest absolute Gasteiger partial charge is 0.335 e. The summed E-state index contributed by atoms with van der Waals surface area (Å²) in [5, 5.41) is 20.8. The van der Waals surface area contributed by atoms with E-state index < -0.39 is 5.97 Å². The van der Waals surface area contributed by atoms with Gasteiger partial charge in [-0.1, -0.05) is 12.1 Å². The van der Waals surface area contributed by atoms with Crippen molar-refractivity contribution < 1.29 is 14.7 Å². The van der Waals surface area contributed by atoms with E-state index in [4.69, 9.17) is 10.4 Å². The zero-order valence-corrected chi connectivity index (χ0v) is 15.0. The summed E-state index contributed by atoms with van der Waals surface area (Å²) < 4.78 is 0. The summed E-state index contributed by atoms with van der Waals surface area (Å²) in [6, 6.07) is 16.1. The van der Waals surface area contributed by atoms with Crippen molar-refractivity contribution in [2.45, 2.75) is 38.0 Å². The Morgan fingerprint density at radius 1 is 1.07 bits per heavy atom. The molecule has 2 aromatic rings. The zero-order chi connectivity index (χ0) is 19.2. The van der Waals surface area contributed by atoms with Crippen LogP contribution in [0.2, 0.25) is 0 Å². The molecule has 5 heteroatoms. The van der Waals surface area contributed by atoms with Crippen LogP contribution in [0.1, 0.15) is 59.5 Å². The van der Waals surface area contributed by atoms with E-state index in [0.29, 0.717) is 35.1 Å². The third kappa shape index (κ3) is 4.95. The molecule has 27 heavy (non-hydrogen) atoms. The molecule has 0 heterocycles. The molecule has 1 saturated carbocycles. The molecule has 0 unspecified atom stereocenters. The van der Waals surface area contributed by atoms with Gasteiger partial charge in [0.25, 0.3) is 0 Å². The van der Waals surface area contributed by atoms with Gasteiger partial charge in [0.2, 0.25) is 5.91 Å². The summed E-state index contributed by atoms with van der Waals surface area (Å²) in [7, 11) is 0. The van der Waals surface area contributed by atoms with Crippen molar-refractivity contribution in [3.05, 3.63) is 65.2 Å². The highest BCUT2D eigenvalue weighted by molar-refractivity contribution is 5.91. The monoisotopic (exact) mass is 362 g/mol. The largest absolute Gasteiger partial charge is 0.478 e. The number of rotatable bonds is 5. The molecule has 1 aliphatic carbocycles. The van der Waals surface area contributed by atoms with E-state index in [2.05, 4.69) is 11.4 Å². The Balaban J connectivity index is 1.50. The van der Waals surface area contributed by atoms with Crippen LogP contribution in [0.3, 0.4) is 0 Å². The lowest BCUT2D eigenvalue weighted by molar-refractivity contribution is -0.117. The minimum Gasteiger partial charge on any atom is -0.478 e. The number of nitrogens with one attached hydrogen (secondary N) is 1. The average molecular weight is 362 g/mol. The number of hydrogen-bond donors (Lipinski definition) is 2. The molecular formula is C22H22N2O3. The molecule has 0 radical (unpaired) electrons. The Bertz CT molecular complexity index is 860. The van der Waals surface area contributed by atoms with Crippen molar-refractivity contribution in [2.75, 3.05) is 5.32 Å². The van der Waals surface area contributed by atoms with Crippen LogP contribution >= 0.6 is 0 Å². The van der Waals surface area contributed by atoms with Crippen molar-refractivity contribution in [1.82, 2.24) is 0 Å². The topological polar surface area (TPSA) is 90.2 Å². The Kier molecular flexibility index (Phi) is 5.87. The number of carbonyl (C=O) groups excluding carboxylic acids is 1. The molecule has 5 nitrogen and oxygen atoms in total. The fourth-order valence-electron chi connectivity index (χ4n) is 3.73. The van der Waals surface area contributed by atoms with Crippen molar-refractivity contribution >= 4 is 17.6 Å². The fraction of sp³-hybridized carbons (Fsp3) is 0.318. The Morgan fingerprint density at radius 3 is 2.41 bits per heavy atom. The first-order valence-electron chi connectivity index (χ1n) is 9.18. The van der Waals surface area contributed by atoms with E-state index in [9.17, 15) is 9.59 Å². The average Bonchev–Trinajstić information content (AvgIpc) is 2.69. The lowest BCUT2D eigenvalue weighted by atomic mass is 9.77. The maximum Gasteiger partial charge on any atom is 0.335 e. The molecule has 3 rings (SSSR count). The minimum absolute atomic E-state index is 0.00367. The molecule has 1 fully saturated rings. The summed E-state index contributed by atoms with van der Waals surface area (Å²) in [6.45, 7) is 0. The Labute approximate surface area is 158 Å². The van der Waals surface area contributed by atoms with Gasteiger partial charge in [-0.2, -0.15) is 5.26 Å². The highest BCUT2D eigenvalue weighted by Crippen LogP contribution is 2.37. The molecule has 0 spiro atoms. The van der Waals surface area contributed by atoms with Gasteiger partial charge < -0.3 is 10.4 Å². The van der Waals surface area contributed by atoms with Crippen LogP contribution in [0.4, 0.5) is 5.69 Å². The van der Waals surface area contributed by atoms with Crippen molar-refractivity contribution in [2.24, 2.45) is 5.92 Å². The number of aromatic carboxylic acids is 1. The molecule has 0 aliphatic heterocycles. The van der Waals surface area contributed by atoms with Gasteiger partial charge in [-0.05, 0) is 79.5 Å². The van der Waals surface area contributed by atoms with Gasteiger partial charge in [-0.15, -0.1) is 0 Å². The van der Waals surface area contributed by atoms with E-state index >= 15 is 0 Å². The quantitative estimate of drug-likeness (QED) is 0.816. The van der Waals surface area contributed by atoms with Gasteiger partial charge in [0.1, 0.15) is 0 Å². The number of nitriles is 1. The first-order chi connectivity index (χ1) is 13.0. The van der Waals surface area contributed by atoms with E-state index in [1.807, 2.05) is 6.07 Å². The van der Waals surface area contributed by atoms with Crippen molar-refractivity contribution in [3.63, 3.8) is 0 Å². The molecular weight excluding hydrogens is 340 g/mol. The van der Waals surface area contributed by atoms with E-state index in [1.165, 1.54) is 0 Å². The van der Waals surface area contributed by atoms with Gasteiger partial charge in [0, 0.05) is 12.1 Å². The highest BCUT2D eigenvalue weighted by Gasteiger charge is 2.24. The first kappa shape index (κ1) is 18.7. The van der Waals surface area contributed by atoms with Gasteiger partial charge in [0.05, 0.1) is 17.2 Å². The maximum absolute atomic E-state index is 12.3. The van der Waals surface area contributed by atoms with E-state index in [-0.39, 0.29) is 5.91 Å². The molecule has 0 bridgehead atoms. The Hall–Kier alpha value is -3.13.